The summed E-state index contributed by atoms with van der Waals surface area (Å²) >= 11 is 0. The minimum absolute atomic E-state index is 0.150. The van der Waals surface area contributed by atoms with Crippen molar-refractivity contribution in [3.8, 4) is 17.1 Å². The number of aromatic nitrogens is 4. The summed E-state index contributed by atoms with van der Waals surface area (Å²) in [5.41, 5.74) is 2.20. The molecule has 33 heavy (non-hydrogen) atoms. The normalized spacial score (nSPS) is 16.2. The van der Waals surface area contributed by atoms with E-state index in [0.717, 1.165) is 31.9 Å². The van der Waals surface area contributed by atoms with Crippen molar-refractivity contribution in [3.63, 3.8) is 0 Å². The van der Waals surface area contributed by atoms with Gasteiger partial charge in [0, 0.05) is 49.4 Å². The van der Waals surface area contributed by atoms with E-state index in [2.05, 4.69) is 15.0 Å². The molecule has 2 fully saturated rings. The molecule has 9 nitrogen and oxygen atoms in total. The van der Waals surface area contributed by atoms with Gasteiger partial charge in [-0.1, -0.05) is 0 Å². The number of esters is 1. The van der Waals surface area contributed by atoms with Gasteiger partial charge in [-0.3, -0.25) is 14.2 Å². The average molecular weight is 447 g/mol. The molecule has 0 aliphatic carbocycles. The first-order valence-corrected chi connectivity index (χ1v) is 11.1. The Kier molecular flexibility index (Phi) is 5.63. The van der Waals surface area contributed by atoms with E-state index in [-0.39, 0.29) is 23.4 Å². The van der Waals surface area contributed by atoms with Gasteiger partial charge in [-0.2, -0.15) is 0 Å². The molecule has 5 rings (SSSR count). The van der Waals surface area contributed by atoms with Crippen molar-refractivity contribution in [2.24, 2.45) is 5.41 Å². The van der Waals surface area contributed by atoms with Crippen LogP contribution in [-0.4, -0.2) is 58.4 Å². The zero-order chi connectivity index (χ0) is 22.8. The fourth-order valence-corrected chi connectivity index (χ4v) is 4.22. The second kappa shape index (κ2) is 8.74. The molecule has 1 spiro atoms. The highest BCUT2D eigenvalue weighted by molar-refractivity contribution is 5.69. The van der Waals surface area contributed by atoms with E-state index in [0.29, 0.717) is 36.1 Å². The highest BCUT2D eigenvalue weighted by Gasteiger charge is 2.50. The molecule has 0 N–H and O–H groups in total. The molecule has 2 aromatic heterocycles. The van der Waals surface area contributed by atoms with E-state index >= 15 is 0 Å². The van der Waals surface area contributed by atoms with Crippen molar-refractivity contribution in [2.45, 2.75) is 19.8 Å². The molecule has 0 bridgehead atoms. The van der Waals surface area contributed by atoms with Crippen LogP contribution in [0.2, 0.25) is 0 Å². The first kappa shape index (κ1) is 21.3. The molecule has 0 saturated carbocycles. The fraction of sp³-hybridized carbons (Fsp3) is 0.375. The van der Waals surface area contributed by atoms with Crippen LogP contribution in [0, 0.1) is 5.41 Å². The van der Waals surface area contributed by atoms with Gasteiger partial charge in [-0.05, 0) is 37.3 Å². The molecule has 0 atom stereocenters. The van der Waals surface area contributed by atoms with E-state index in [1.807, 2.05) is 29.2 Å². The Morgan fingerprint density at radius 1 is 1.15 bits per heavy atom. The number of benzene rings is 1. The van der Waals surface area contributed by atoms with E-state index < -0.39 is 0 Å². The van der Waals surface area contributed by atoms with Crippen molar-refractivity contribution >= 4 is 11.8 Å². The number of nitrogens with zero attached hydrogens (tertiary/aromatic N) is 5. The quantitative estimate of drug-likeness (QED) is 0.507. The molecular formula is C24H25N5O4. The minimum atomic E-state index is -0.277. The van der Waals surface area contributed by atoms with Crippen molar-refractivity contribution in [1.82, 2.24) is 19.5 Å². The van der Waals surface area contributed by atoms with Crippen LogP contribution in [0.3, 0.4) is 0 Å². The van der Waals surface area contributed by atoms with Crippen LogP contribution in [0.25, 0.3) is 17.1 Å². The second-order valence-electron chi connectivity index (χ2n) is 8.50. The number of ether oxygens (including phenoxy) is 2. The summed E-state index contributed by atoms with van der Waals surface area (Å²) in [6.07, 6.45) is 5.70. The molecule has 1 aromatic carbocycles. The number of aryl methyl sites for hydroxylation is 1. The highest BCUT2D eigenvalue weighted by atomic mass is 16.5. The third-order valence-corrected chi connectivity index (χ3v) is 5.97. The first-order chi connectivity index (χ1) is 16.1. The van der Waals surface area contributed by atoms with E-state index in [1.165, 1.54) is 0 Å². The third-order valence-electron chi connectivity index (χ3n) is 5.97. The SMILES string of the molecule is CCOC(=O)CCc1cn(-c2ccc(-c3ncccn3)cc2)c(=O)c(N2CC3(COC3)C2)n1. The molecule has 0 radical (unpaired) electrons. The lowest BCUT2D eigenvalue weighted by atomic mass is 9.78. The van der Waals surface area contributed by atoms with Crippen LogP contribution >= 0.6 is 0 Å². The average Bonchev–Trinajstić information content (AvgIpc) is 2.78. The topological polar surface area (TPSA) is 99.4 Å². The van der Waals surface area contributed by atoms with Gasteiger partial charge in [0.1, 0.15) is 0 Å². The van der Waals surface area contributed by atoms with Crippen LogP contribution in [0.4, 0.5) is 5.82 Å². The van der Waals surface area contributed by atoms with Crippen LogP contribution in [0.1, 0.15) is 19.0 Å². The number of hydrogen-bond acceptors (Lipinski definition) is 8. The molecule has 0 unspecified atom stereocenters. The smallest absolute Gasteiger partial charge is 0.306 e. The Bertz CT molecular complexity index is 1200. The first-order valence-electron chi connectivity index (χ1n) is 11.1. The van der Waals surface area contributed by atoms with Gasteiger partial charge in [0.15, 0.2) is 11.6 Å². The Labute approximate surface area is 191 Å². The van der Waals surface area contributed by atoms with Crippen molar-refractivity contribution in [3.05, 3.63) is 65.0 Å². The van der Waals surface area contributed by atoms with Gasteiger partial charge >= 0.3 is 5.97 Å². The predicted molar refractivity (Wildman–Crippen MR) is 121 cm³/mol. The summed E-state index contributed by atoms with van der Waals surface area (Å²) in [4.78, 5) is 40.4. The molecular weight excluding hydrogens is 422 g/mol. The summed E-state index contributed by atoms with van der Waals surface area (Å²) in [5.74, 6) is 0.750. The van der Waals surface area contributed by atoms with Crippen LogP contribution in [0.15, 0.2) is 53.7 Å². The van der Waals surface area contributed by atoms with Gasteiger partial charge in [-0.25, -0.2) is 15.0 Å². The summed E-state index contributed by atoms with van der Waals surface area (Å²) in [6.45, 7) is 5.07. The number of hydrogen-bond donors (Lipinski definition) is 0. The van der Waals surface area contributed by atoms with Gasteiger partial charge < -0.3 is 14.4 Å². The zero-order valence-electron chi connectivity index (χ0n) is 18.4. The molecule has 0 amide bonds. The van der Waals surface area contributed by atoms with Gasteiger partial charge in [0.2, 0.25) is 0 Å². The lowest BCUT2D eigenvalue weighted by Gasteiger charge is -2.55. The van der Waals surface area contributed by atoms with Crippen molar-refractivity contribution < 1.29 is 14.3 Å². The molecule has 2 saturated heterocycles. The Balaban J connectivity index is 1.46. The van der Waals surface area contributed by atoms with E-state index in [9.17, 15) is 9.59 Å². The number of carbonyl (C=O) groups is 1. The Morgan fingerprint density at radius 2 is 1.88 bits per heavy atom. The molecule has 3 aromatic rings. The fourth-order valence-electron chi connectivity index (χ4n) is 4.22. The van der Waals surface area contributed by atoms with Crippen LogP contribution in [-0.2, 0) is 20.7 Å². The number of anilines is 1. The zero-order valence-corrected chi connectivity index (χ0v) is 18.4. The largest absolute Gasteiger partial charge is 0.466 e. The lowest BCUT2D eigenvalue weighted by Crippen LogP contribution is -2.67. The van der Waals surface area contributed by atoms with Crippen molar-refractivity contribution in [2.75, 3.05) is 37.8 Å². The summed E-state index contributed by atoms with van der Waals surface area (Å²) in [7, 11) is 0. The van der Waals surface area contributed by atoms with Gasteiger partial charge in [0.05, 0.1) is 37.4 Å². The summed E-state index contributed by atoms with van der Waals surface area (Å²) in [5, 5.41) is 0. The lowest BCUT2D eigenvalue weighted by molar-refractivity contribution is -0.143. The molecule has 2 aliphatic heterocycles. The standard InChI is InChI=1S/C24H25N5O4/c1-2-33-20(30)9-6-18-12-29(19-7-4-17(5-8-19)21-25-10-3-11-26-21)23(31)22(27-18)28-13-24(14-28)15-32-16-24/h3-5,7-8,10-12H,2,6,9,13-16H2,1H3. The predicted octanol–water partition coefficient (Wildman–Crippen LogP) is 2.02. The molecule has 170 valence electrons. The summed E-state index contributed by atoms with van der Waals surface area (Å²) in [6, 6.07) is 9.27. The third kappa shape index (κ3) is 4.23. The minimum Gasteiger partial charge on any atom is -0.466 e. The molecule has 4 heterocycles. The summed E-state index contributed by atoms with van der Waals surface area (Å²) < 4.78 is 12.0. The maximum atomic E-state index is 13.4. The van der Waals surface area contributed by atoms with E-state index in [1.54, 1.807) is 36.1 Å². The van der Waals surface area contributed by atoms with Gasteiger partial charge in [0.25, 0.3) is 5.56 Å². The monoisotopic (exact) mass is 447 g/mol. The number of rotatable bonds is 7. The maximum absolute atomic E-state index is 13.4. The molecule has 2 aliphatic rings. The Morgan fingerprint density at radius 3 is 2.52 bits per heavy atom. The maximum Gasteiger partial charge on any atom is 0.306 e. The number of carbonyl (C=O) groups excluding carboxylic acids is 1. The Hall–Kier alpha value is -3.59. The van der Waals surface area contributed by atoms with Gasteiger partial charge in [-0.15, -0.1) is 0 Å². The second-order valence-corrected chi connectivity index (χ2v) is 8.50. The molecule has 9 heteroatoms. The van der Waals surface area contributed by atoms with Crippen molar-refractivity contribution in [1.29, 1.82) is 0 Å². The van der Waals surface area contributed by atoms with Crippen LogP contribution in [0.5, 0.6) is 0 Å². The van der Waals surface area contributed by atoms with E-state index in [4.69, 9.17) is 9.47 Å². The van der Waals surface area contributed by atoms with Crippen LogP contribution < -0.4 is 10.5 Å². The highest BCUT2D eigenvalue weighted by Crippen LogP contribution is 2.38.